The summed E-state index contributed by atoms with van der Waals surface area (Å²) in [7, 11) is 0. The third kappa shape index (κ3) is 2.22. The molecule has 0 unspecified atom stereocenters. The largest absolute Gasteiger partial charge is 0.456 e. The number of para-hydroxylation sites is 1. The number of thiol groups is 1. The Balaban J connectivity index is 2.33. The van der Waals surface area contributed by atoms with E-state index in [1.54, 1.807) is 0 Å². The van der Waals surface area contributed by atoms with Crippen LogP contribution in [-0.4, -0.2) is 0 Å². The van der Waals surface area contributed by atoms with Gasteiger partial charge in [0.1, 0.15) is 11.5 Å². The molecular formula is C14H14OS. The van der Waals surface area contributed by atoms with Gasteiger partial charge in [-0.3, -0.25) is 0 Å². The van der Waals surface area contributed by atoms with Crippen LogP contribution < -0.4 is 4.74 Å². The summed E-state index contributed by atoms with van der Waals surface area (Å²) in [6, 6.07) is 13.7. The van der Waals surface area contributed by atoms with Crippen molar-refractivity contribution in [3.05, 3.63) is 53.6 Å². The number of rotatable bonds is 2. The third-order valence-corrected chi connectivity index (χ3v) is 3.19. The molecule has 0 amide bonds. The maximum absolute atomic E-state index is 5.77. The van der Waals surface area contributed by atoms with Crippen molar-refractivity contribution in [1.29, 1.82) is 0 Å². The zero-order valence-corrected chi connectivity index (χ0v) is 10.3. The van der Waals surface area contributed by atoms with Gasteiger partial charge in [-0.25, -0.2) is 0 Å². The topological polar surface area (TPSA) is 9.23 Å². The van der Waals surface area contributed by atoms with Crippen LogP contribution >= 0.6 is 12.6 Å². The molecule has 82 valence electrons. The molecule has 0 saturated heterocycles. The molecule has 0 spiro atoms. The van der Waals surface area contributed by atoms with Crippen molar-refractivity contribution < 1.29 is 4.74 Å². The highest BCUT2D eigenvalue weighted by Gasteiger charge is 2.06. The second kappa shape index (κ2) is 4.62. The predicted molar refractivity (Wildman–Crippen MR) is 69.7 cm³/mol. The van der Waals surface area contributed by atoms with Crippen LogP contribution in [0.5, 0.6) is 11.5 Å². The molecule has 0 atom stereocenters. The fourth-order valence-corrected chi connectivity index (χ4v) is 1.77. The highest BCUT2D eigenvalue weighted by Crippen LogP contribution is 2.31. The Morgan fingerprint density at radius 3 is 2.31 bits per heavy atom. The molecule has 0 bridgehead atoms. The van der Waals surface area contributed by atoms with Crippen LogP contribution in [0.15, 0.2) is 47.4 Å². The van der Waals surface area contributed by atoms with Gasteiger partial charge in [-0.15, -0.1) is 12.6 Å². The number of benzene rings is 2. The van der Waals surface area contributed by atoms with E-state index in [-0.39, 0.29) is 0 Å². The van der Waals surface area contributed by atoms with E-state index in [2.05, 4.69) is 26.5 Å². The molecule has 2 aromatic carbocycles. The van der Waals surface area contributed by atoms with Gasteiger partial charge in [0.2, 0.25) is 0 Å². The summed E-state index contributed by atoms with van der Waals surface area (Å²) in [6.07, 6.45) is 0. The predicted octanol–water partition coefficient (Wildman–Crippen LogP) is 4.38. The molecule has 0 radical (unpaired) electrons. The summed E-state index contributed by atoms with van der Waals surface area (Å²) in [4.78, 5) is 0.906. The molecule has 16 heavy (non-hydrogen) atoms. The maximum Gasteiger partial charge on any atom is 0.141 e. The molecule has 2 rings (SSSR count). The summed E-state index contributed by atoms with van der Waals surface area (Å²) in [5.74, 6) is 1.64. The highest BCUT2D eigenvalue weighted by atomic mass is 32.1. The first-order chi connectivity index (χ1) is 7.68. The Hall–Kier alpha value is -1.41. The van der Waals surface area contributed by atoms with E-state index in [1.807, 2.05) is 42.5 Å². The lowest BCUT2D eigenvalue weighted by atomic mass is 10.1. The van der Waals surface area contributed by atoms with Crippen LogP contribution in [0, 0.1) is 13.8 Å². The first kappa shape index (κ1) is 11.1. The van der Waals surface area contributed by atoms with Crippen LogP contribution in [-0.2, 0) is 0 Å². The Kier molecular flexibility index (Phi) is 3.20. The second-order valence-corrected chi connectivity index (χ2v) is 4.22. The first-order valence-electron chi connectivity index (χ1n) is 5.20. The minimum atomic E-state index is 0.803. The molecule has 0 N–H and O–H groups in total. The van der Waals surface area contributed by atoms with E-state index in [9.17, 15) is 0 Å². The van der Waals surface area contributed by atoms with E-state index < -0.39 is 0 Å². The number of ether oxygens (including phenoxy) is 1. The molecule has 0 aromatic heterocycles. The van der Waals surface area contributed by atoms with Gasteiger partial charge in [0.15, 0.2) is 0 Å². The van der Waals surface area contributed by atoms with Crippen molar-refractivity contribution in [2.45, 2.75) is 18.7 Å². The summed E-state index contributed by atoms with van der Waals surface area (Å²) < 4.78 is 5.77. The molecule has 0 aliphatic carbocycles. The molecule has 0 aliphatic heterocycles. The average Bonchev–Trinajstić information content (AvgIpc) is 2.31. The standard InChI is InChI=1S/C14H14OS/c1-10-8-9-13(14(16)11(10)2)15-12-6-4-3-5-7-12/h3-9,16H,1-2H3. The monoisotopic (exact) mass is 230 g/mol. The summed E-state index contributed by atoms with van der Waals surface area (Å²) in [5.41, 5.74) is 2.39. The maximum atomic E-state index is 5.77. The van der Waals surface area contributed by atoms with E-state index in [0.717, 1.165) is 22.0 Å². The Morgan fingerprint density at radius 1 is 0.938 bits per heavy atom. The summed E-state index contributed by atoms with van der Waals surface area (Å²) in [5, 5.41) is 0. The summed E-state index contributed by atoms with van der Waals surface area (Å²) in [6.45, 7) is 4.12. The van der Waals surface area contributed by atoms with Gasteiger partial charge in [0.05, 0.1) is 4.90 Å². The molecule has 0 heterocycles. The summed E-state index contributed by atoms with van der Waals surface area (Å²) >= 11 is 4.49. The molecule has 0 aliphatic rings. The normalized spacial score (nSPS) is 10.2. The number of hydrogen-bond donors (Lipinski definition) is 1. The minimum Gasteiger partial charge on any atom is -0.456 e. The Labute approximate surface area is 101 Å². The molecule has 2 aromatic rings. The second-order valence-electron chi connectivity index (χ2n) is 3.77. The van der Waals surface area contributed by atoms with Crippen molar-refractivity contribution in [3.63, 3.8) is 0 Å². The SMILES string of the molecule is Cc1ccc(Oc2ccccc2)c(S)c1C. The fraction of sp³-hybridized carbons (Fsp3) is 0.143. The van der Waals surface area contributed by atoms with Crippen molar-refractivity contribution in [2.24, 2.45) is 0 Å². The highest BCUT2D eigenvalue weighted by molar-refractivity contribution is 7.80. The Bertz CT molecular complexity index is 492. The van der Waals surface area contributed by atoms with Crippen LogP contribution in [0.2, 0.25) is 0 Å². The lowest BCUT2D eigenvalue weighted by Crippen LogP contribution is -1.89. The van der Waals surface area contributed by atoms with Crippen molar-refractivity contribution in [3.8, 4) is 11.5 Å². The van der Waals surface area contributed by atoms with Crippen LogP contribution in [0.25, 0.3) is 0 Å². The van der Waals surface area contributed by atoms with Gasteiger partial charge in [0, 0.05) is 0 Å². The molecule has 0 saturated carbocycles. The quantitative estimate of drug-likeness (QED) is 0.753. The van der Waals surface area contributed by atoms with Gasteiger partial charge in [-0.2, -0.15) is 0 Å². The van der Waals surface area contributed by atoms with E-state index >= 15 is 0 Å². The molecule has 2 heteroatoms. The van der Waals surface area contributed by atoms with Gasteiger partial charge in [0.25, 0.3) is 0 Å². The number of hydrogen-bond acceptors (Lipinski definition) is 2. The smallest absolute Gasteiger partial charge is 0.141 e. The van der Waals surface area contributed by atoms with E-state index in [1.165, 1.54) is 5.56 Å². The van der Waals surface area contributed by atoms with Crippen LogP contribution in [0.3, 0.4) is 0 Å². The lowest BCUT2D eigenvalue weighted by Gasteiger charge is -2.11. The van der Waals surface area contributed by atoms with Crippen molar-refractivity contribution in [1.82, 2.24) is 0 Å². The van der Waals surface area contributed by atoms with Crippen molar-refractivity contribution >= 4 is 12.6 Å². The zero-order chi connectivity index (χ0) is 11.5. The van der Waals surface area contributed by atoms with Crippen molar-refractivity contribution in [2.75, 3.05) is 0 Å². The van der Waals surface area contributed by atoms with Crippen LogP contribution in [0.1, 0.15) is 11.1 Å². The van der Waals surface area contributed by atoms with Gasteiger partial charge in [-0.1, -0.05) is 24.3 Å². The van der Waals surface area contributed by atoms with Gasteiger partial charge in [-0.05, 0) is 43.2 Å². The zero-order valence-electron chi connectivity index (χ0n) is 9.40. The number of aryl methyl sites for hydroxylation is 1. The van der Waals surface area contributed by atoms with Gasteiger partial charge >= 0.3 is 0 Å². The molecular weight excluding hydrogens is 216 g/mol. The first-order valence-corrected chi connectivity index (χ1v) is 5.65. The van der Waals surface area contributed by atoms with E-state index in [0.29, 0.717) is 0 Å². The fourth-order valence-electron chi connectivity index (χ4n) is 1.47. The lowest BCUT2D eigenvalue weighted by molar-refractivity contribution is 0.470. The van der Waals surface area contributed by atoms with E-state index in [4.69, 9.17) is 4.74 Å². The Morgan fingerprint density at radius 2 is 1.62 bits per heavy atom. The average molecular weight is 230 g/mol. The third-order valence-electron chi connectivity index (χ3n) is 2.64. The molecule has 1 nitrogen and oxygen atoms in total. The minimum absolute atomic E-state index is 0.803. The van der Waals surface area contributed by atoms with Crippen LogP contribution in [0.4, 0.5) is 0 Å². The molecule has 0 fully saturated rings. The van der Waals surface area contributed by atoms with Gasteiger partial charge < -0.3 is 4.74 Å².